The lowest BCUT2D eigenvalue weighted by molar-refractivity contribution is -0.137. The van der Waals surface area contributed by atoms with Crippen LogP contribution in [0.3, 0.4) is 0 Å². The third kappa shape index (κ3) is 7.34. The lowest BCUT2D eigenvalue weighted by atomic mass is 10.0. The molecule has 1 aromatic heterocycles. The standard InChI is InChI=1S/C27H30BrNO7/c1-15(2)13-21(29-26(32)36-27(4,5)6)25(31)35-19-11-12-20-22(14-19)33-16(3)24(23(20)30)34-18-9-7-17(28)8-10-18/h7-12,14-15,21H,13H2,1-6H3,(H,29,32)/t21-/m0/s1. The van der Waals surface area contributed by atoms with Crippen LogP contribution in [0.25, 0.3) is 11.0 Å². The van der Waals surface area contributed by atoms with Crippen molar-refractivity contribution in [2.75, 3.05) is 0 Å². The Balaban J connectivity index is 1.82. The molecular weight excluding hydrogens is 530 g/mol. The van der Waals surface area contributed by atoms with E-state index in [4.69, 9.17) is 18.6 Å². The lowest BCUT2D eigenvalue weighted by Gasteiger charge is -2.23. The van der Waals surface area contributed by atoms with Crippen LogP contribution in [0.4, 0.5) is 4.79 Å². The van der Waals surface area contributed by atoms with Gasteiger partial charge in [-0.2, -0.15) is 0 Å². The summed E-state index contributed by atoms with van der Waals surface area (Å²) in [4.78, 5) is 38.2. The van der Waals surface area contributed by atoms with Crippen LogP contribution in [-0.4, -0.2) is 23.7 Å². The van der Waals surface area contributed by atoms with Gasteiger partial charge in [-0.15, -0.1) is 0 Å². The van der Waals surface area contributed by atoms with Crippen molar-refractivity contribution in [2.45, 2.75) is 59.6 Å². The van der Waals surface area contributed by atoms with Crippen molar-refractivity contribution in [1.29, 1.82) is 0 Å². The molecule has 0 aliphatic rings. The summed E-state index contributed by atoms with van der Waals surface area (Å²) in [6, 6.07) is 10.6. The number of hydrogen-bond donors (Lipinski definition) is 1. The normalized spacial score (nSPS) is 12.3. The number of aryl methyl sites for hydroxylation is 1. The van der Waals surface area contributed by atoms with Gasteiger partial charge >= 0.3 is 12.1 Å². The number of benzene rings is 2. The lowest BCUT2D eigenvalue weighted by Crippen LogP contribution is -2.45. The zero-order valence-corrected chi connectivity index (χ0v) is 22.7. The molecule has 9 heteroatoms. The molecule has 36 heavy (non-hydrogen) atoms. The van der Waals surface area contributed by atoms with E-state index >= 15 is 0 Å². The molecule has 0 bridgehead atoms. The Kier molecular flexibility index (Phi) is 8.45. The molecule has 0 spiro atoms. The van der Waals surface area contributed by atoms with E-state index in [2.05, 4.69) is 21.2 Å². The minimum atomic E-state index is -0.911. The molecule has 1 amide bonds. The predicted octanol–water partition coefficient (Wildman–Crippen LogP) is 6.50. The molecule has 0 aliphatic heterocycles. The zero-order chi connectivity index (χ0) is 26.6. The van der Waals surface area contributed by atoms with E-state index in [0.717, 1.165) is 4.47 Å². The van der Waals surface area contributed by atoms with Crippen molar-refractivity contribution in [2.24, 2.45) is 5.92 Å². The Morgan fingerprint density at radius 2 is 1.69 bits per heavy atom. The third-order valence-electron chi connectivity index (χ3n) is 4.92. The minimum Gasteiger partial charge on any atom is -0.457 e. The van der Waals surface area contributed by atoms with Crippen LogP contribution in [0, 0.1) is 12.8 Å². The average Bonchev–Trinajstić information content (AvgIpc) is 2.75. The van der Waals surface area contributed by atoms with E-state index in [1.165, 1.54) is 18.2 Å². The van der Waals surface area contributed by atoms with E-state index in [-0.39, 0.29) is 39.6 Å². The van der Waals surface area contributed by atoms with Crippen molar-refractivity contribution in [1.82, 2.24) is 5.32 Å². The average molecular weight is 560 g/mol. The SMILES string of the molecule is Cc1oc2cc(OC(=O)[C@H](CC(C)C)NC(=O)OC(C)(C)C)ccc2c(=O)c1Oc1ccc(Br)cc1. The molecule has 1 N–H and O–H groups in total. The van der Waals surface area contributed by atoms with Gasteiger partial charge in [-0.05, 0) is 76.4 Å². The highest BCUT2D eigenvalue weighted by atomic mass is 79.9. The first kappa shape index (κ1) is 27.3. The van der Waals surface area contributed by atoms with Crippen molar-refractivity contribution < 1.29 is 28.2 Å². The Morgan fingerprint density at radius 1 is 1.06 bits per heavy atom. The second-order valence-electron chi connectivity index (χ2n) is 9.78. The maximum atomic E-state index is 13.1. The molecule has 8 nitrogen and oxygen atoms in total. The molecule has 0 unspecified atom stereocenters. The van der Waals surface area contributed by atoms with Crippen LogP contribution in [0.2, 0.25) is 0 Å². The van der Waals surface area contributed by atoms with Gasteiger partial charge in [0.2, 0.25) is 11.2 Å². The zero-order valence-electron chi connectivity index (χ0n) is 21.1. The number of esters is 1. The van der Waals surface area contributed by atoms with Gasteiger partial charge in [-0.25, -0.2) is 9.59 Å². The number of carbonyl (C=O) groups is 2. The van der Waals surface area contributed by atoms with Gasteiger partial charge < -0.3 is 23.9 Å². The van der Waals surface area contributed by atoms with Crippen LogP contribution in [0.1, 0.15) is 46.8 Å². The van der Waals surface area contributed by atoms with Gasteiger partial charge in [0, 0.05) is 10.5 Å². The van der Waals surface area contributed by atoms with E-state index in [0.29, 0.717) is 12.2 Å². The Morgan fingerprint density at radius 3 is 2.31 bits per heavy atom. The summed E-state index contributed by atoms with van der Waals surface area (Å²) >= 11 is 3.36. The van der Waals surface area contributed by atoms with E-state index in [1.807, 2.05) is 13.8 Å². The number of ether oxygens (including phenoxy) is 3. The molecule has 0 saturated heterocycles. The number of rotatable bonds is 7. The molecule has 0 aliphatic carbocycles. The molecule has 0 radical (unpaired) electrons. The van der Waals surface area contributed by atoms with Crippen LogP contribution in [0.15, 0.2) is 56.1 Å². The van der Waals surface area contributed by atoms with E-state index < -0.39 is 23.7 Å². The Hall–Kier alpha value is -3.33. The minimum absolute atomic E-state index is 0.0770. The number of nitrogens with one attached hydrogen (secondary N) is 1. The monoisotopic (exact) mass is 559 g/mol. The first-order valence-electron chi connectivity index (χ1n) is 11.5. The molecule has 0 saturated carbocycles. The number of amides is 1. The summed E-state index contributed by atoms with van der Waals surface area (Å²) in [5.41, 5.74) is -0.811. The van der Waals surface area contributed by atoms with Crippen LogP contribution < -0.4 is 20.2 Å². The van der Waals surface area contributed by atoms with Crippen molar-refractivity contribution in [3.63, 3.8) is 0 Å². The molecule has 3 rings (SSSR count). The molecule has 192 valence electrons. The maximum Gasteiger partial charge on any atom is 0.408 e. The Bertz CT molecular complexity index is 1310. The fourth-order valence-corrected chi connectivity index (χ4v) is 3.66. The van der Waals surface area contributed by atoms with Gasteiger partial charge in [-0.1, -0.05) is 29.8 Å². The summed E-state index contributed by atoms with van der Waals surface area (Å²) in [6.07, 6.45) is -0.347. The highest BCUT2D eigenvalue weighted by Gasteiger charge is 2.27. The summed E-state index contributed by atoms with van der Waals surface area (Å²) < 4.78 is 23.3. The number of halogens is 1. The fraction of sp³-hybridized carbons (Fsp3) is 0.370. The Labute approximate surface area is 218 Å². The molecule has 1 atom stereocenters. The molecule has 2 aromatic carbocycles. The highest BCUT2D eigenvalue weighted by Crippen LogP contribution is 2.28. The quantitative estimate of drug-likeness (QED) is 0.260. The van der Waals surface area contributed by atoms with Crippen LogP contribution in [0.5, 0.6) is 17.2 Å². The van der Waals surface area contributed by atoms with Crippen molar-refractivity contribution >= 4 is 39.0 Å². The number of hydrogen-bond acceptors (Lipinski definition) is 7. The first-order chi connectivity index (χ1) is 16.8. The number of carbonyl (C=O) groups excluding carboxylic acids is 2. The smallest absolute Gasteiger partial charge is 0.408 e. The second-order valence-corrected chi connectivity index (χ2v) is 10.7. The summed E-state index contributed by atoms with van der Waals surface area (Å²) in [5.74, 6) is 0.488. The molecule has 3 aromatic rings. The summed E-state index contributed by atoms with van der Waals surface area (Å²) in [5, 5.41) is 2.86. The number of alkyl carbamates (subject to hydrolysis) is 1. The summed E-state index contributed by atoms with van der Waals surface area (Å²) in [7, 11) is 0. The van der Waals surface area contributed by atoms with Gasteiger partial charge in [-0.3, -0.25) is 4.79 Å². The molecular formula is C27H30BrNO7. The molecule has 0 fully saturated rings. The van der Waals surface area contributed by atoms with E-state index in [1.54, 1.807) is 52.0 Å². The molecule has 1 heterocycles. The fourth-order valence-electron chi connectivity index (χ4n) is 3.39. The van der Waals surface area contributed by atoms with Crippen molar-refractivity contribution in [3.05, 3.63) is 62.9 Å². The topological polar surface area (TPSA) is 104 Å². The predicted molar refractivity (Wildman–Crippen MR) is 140 cm³/mol. The second kappa shape index (κ2) is 11.2. The van der Waals surface area contributed by atoms with Gasteiger partial charge in [0.1, 0.15) is 34.5 Å². The third-order valence-corrected chi connectivity index (χ3v) is 5.45. The summed E-state index contributed by atoms with van der Waals surface area (Å²) in [6.45, 7) is 10.7. The maximum absolute atomic E-state index is 13.1. The largest absolute Gasteiger partial charge is 0.457 e. The van der Waals surface area contributed by atoms with Gasteiger partial charge in [0.15, 0.2) is 0 Å². The van der Waals surface area contributed by atoms with E-state index in [9.17, 15) is 14.4 Å². The number of fused-ring (bicyclic) bond motifs is 1. The van der Waals surface area contributed by atoms with Gasteiger partial charge in [0.05, 0.1) is 5.39 Å². The van der Waals surface area contributed by atoms with Crippen LogP contribution in [-0.2, 0) is 9.53 Å². The van der Waals surface area contributed by atoms with Crippen LogP contribution >= 0.6 is 15.9 Å². The van der Waals surface area contributed by atoms with Gasteiger partial charge in [0.25, 0.3) is 0 Å². The first-order valence-corrected chi connectivity index (χ1v) is 12.3. The van der Waals surface area contributed by atoms with Crippen molar-refractivity contribution in [3.8, 4) is 17.2 Å². The highest BCUT2D eigenvalue weighted by molar-refractivity contribution is 9.10.